The molecule has 0 heterocycles. The molecule has 0 bridgehead atoms. The van der Waals surface area contributed by atoms with Gasteiger partial charge >= 0.3 is 0 Å². The minimum absolute atomic E-state index is 0.109. The predicted molar refractivity (Wildman–Crippen MR) is 100 cm³/mol. The van der Waals surface area contributed by atoms with E-state index in [0.717, 1.165) is 21.6 Å². The number of ether oxygens (including phenoxy) is 2. The van der Waals surface area contributed by atoms with Crippen molar-refractivity contribution < 1.29 is 19.3 Å². The fourth-order valence-electron chi connectivity index (χ4n) is 2.02. The minimum Gasteiger partial charge on any atom is -0.494 e. The van der Waals surface area contributed by atoms with Crippen molar-refractivity contribution in [2.45, 2.75) is 23.6 Å². The fraction of sp³-hybridized carbons (Fsp3) is 0.250. The van der Waals surface area contributed by atoms with Gasteiger partial charge in [-0.15, -0.1) is 0 Å². The third-order valence-corrected chi connectivity index (χ3v) is 5.56. The van der Waals surface area contributed by atoms with Gasteiger partial charge in [-0.2, -0.15) is 0 Å². The molecule has 0 amide bonds. The van der Waals surface area contributed by atoms with Gasteiger partial charge < -0.3 is 9.47 Å². The van der Waals surface area contributed by atoms with Crippen molar-refractivity contribution in [1.82, 2.24) is 0 Å². The molecule has 0 aliphatic carbocycles. The fourth-order valence-corrected chi connectivity index (χ4v) is 4.27. The molecule has 2 aromatic rings. The first-order chi connectivity index (χ1) is 12.5. The molecule has 0 unspecified atom stereocenters. The third-order valence-electron chi connectivity index (χ3n) is 3.10. The number of nitro benzene ring substituents is 2. The van der Waals surface area contributed by atoms with Crippen molar-refractivity contribution in [3.63, 3.8) is 0 Å². The molecular formula is C16H16N2O6S2. The van der Waals surface area contributed by atoms with E-state index in [-0.39, 0.29) is 11.4 Å². The largest absolute Gasteiger partial charge is 0.494 e. The van der Waals surface area contributed by atoms with Crippen LogP contribution < -0.4 is 9.47 Å². The summed E-state index contributed by atoms with van der Waals surface area (Å²) < 4.78 is 10.6. The Labute approximate surface area is 157 Å². The Hall–Kier alpha value is -2.46. The van der Waals surface area contributed by atoms with Crippen LogP contribution in [0.5, 0.6) is 11.5 Å². The second-order valence-electron chi connectivity index (χ2n) is 4.81. The van der Waals surface area contributed by atoms with Crippen LogP contribution in [0.15, 0.2) is 46.2 Å². The predicted octanol–water partition coefficient (Wildman–Crippen LogP) is 5.10. The molecule has 0 saturated carbocycles. The van der Waals surface area contributed by atoms with Gasteiger partial charge in [-0.05, 0) is 59.7 Å². The molecule has 26 heavy (non-hydrogen) atoms. The van der Waals surface area contributed by atoms with Crippen molar-refractivity contribution in [3.8, 4) is 11.5 Å². The minimum atomic E-state index is -0.502. The molecule has 0 spiro atoms. The Balaban J connectivity index is 2.25. The van der Waals surface area contributed by atoms with Crippen LogP contribution in [0.2, 0.25) is 0 Å². The lowest BCUT2D eigenvalue weighted by atomic mass is 10.3. The molecule has 2 rings (SSSR count). The van der Waals surface area contributed by atoms with E-state index in [1.165, 1.54) is 12.1 Å². The van der Waals surface area contributed by atoms with Gasteiger partial charge in [0.2, 0.25) is 0 Å². The van der Waals surface area contributed by atoms with Gasteiger partial charge in [0, 0.05) is 0 Å². The van der Waals surface area contributed by atoms with Crippen molar-refractivity contribution in [3.05, 3.63) is 56.6 Å². The maximum absolute atomic E-state index is 11.3. The van der Waals surface area contributed by atoms with Crippen LogP contribution >= 0.6 is 21.6 Å². The molecule has 0 saturated heterocycles. The molecule has 0 aliphatic rings. The Morgan fingerprint density at radius 2 is 1.19 bits per heavy atom. The van der Waals surface area contributed by atoms with Crippen molar-refractivity contribution in [1.29, 1.82) is 0 Å². The van der Waals surface area contributed by atoms with Crippen LogP contribution in [0.3, 0.4) is 0 Å². The van der Waals surface area contributed by atoms with Gasteiger partial charge in [0.05, 0.1) is 45.0 Å². The molecule has 138 valence electrons. The maximum Gasteiger partial charge on any atom is 0.287 e. The first-order valence-corrected chi connectivity index (χ1v) is 9.78. The second-order valence-corrected chi connectivity index (χ2v) is 7.02. The van der Waals surface area contributed by atoms with E-state index in [0.29, 0.717) is 34.5 Å². The van der Waals surface area contributed by atoms with Crippen molar-refractivity contribution >= 4 is 33.0 Å². The summed E-state index contributed by atoms with van der Waals surface area (Å²) in [5.74, 6) is 0.807. The number of benzene rings is 2. The monoisotopic (exact) mass is 396 g/mol. The molecule has 0 radical (unpaired) electrons. The van der Waals surface area contributed by atoms with Crippen molar-refractivity contribution in [2.24, 2.45) is 0 Å². The summed E-state index contributed by atoms with van der Waals surface area (Å²) in [6.45, 7) is 4.37. The summed E-state index contributed by atoms with van der Waals surface area (Å²) in [5.41, 5.74) is -0.218. The molecular weight excluding hydrogens is 380 g/mol. The zero-order chi connectivity index (χ0) is 19.1. The number of hydrogen-bond donors (Lipinski definition) is 0. The van der Waals surface area contributed by atoms with E-state index in [2.05, 4.69) is 0 Å². The summed E-state index contributed by atoms with van der Waals surface area (Å²) in [4.78, 5) is 22.3. The highest BCUT2D eigenvalue weighted by atomic mass is 33.1. The van der Waals surface area contributed by atoms with E-state index in [9.17, 15) is 20.2 Å². The highest BCUT2D eigenvalue weighted by molar-refractivity contribution is 8.76. The summed E-state index contributed by atoms with van der Waals surface area (Å²) in [6, 6.07) is 9.10. The van der Waals surface area contributed by atoms with Gasteiger partial charge in [-0.25, -0.2) is 0 Å². The van der Waals surface area contributed by atoms with Gasteiger partial charge in [-0.1, -0.05) is 0 Å². The molecule has 0 atom stereocenters. The highest BCUT2D eigenvalue weighted by Gasteiger charge is 2.20. The third kappa shape index (κ3) is 5.02. The lowest BCUT2D eigenvalue weighted by Gasteiger charge is -2.08. The van der Waals surface area contributed by atoms with Crippen LogP contribution in [0.25, 0.3) is 0 Å². The smallest absolute Gasteiger partial charge is 0.287 e. The van der Waals surface area contributed by atoms with Gasteiger partial charge in [0.25, 0.3) is 11.4 Å². The normalized spacial score (nSPS) is 10.4. The molecule has 0 aliphatic heterocycles. The molecule has 10 heteroatoms. The van der Waals surface area contributed by atoms with E-state index in [4.69, 9.17) is 9.47 Å². The first-order valence-electron chi connectivity index (χ1n) is 7.63. The van der Waals surface area contributed by atoms with Gasteiger partial charge in [-0.3, -0.25) is 20.2 Å². The molecule has 0 N–H and O–H groups in total. The molecule has 0 aromatic heterocycles. The van der Waals surface area contributed by atoms with Crippen molar-refractivity contribution in [2.75, 3.05) is 13.2 Å². The standard InChI is InChI=1S/C16H16N2O6S2/c1-3-23-11-5-7-15(13(9-11)17(19)20)25-26-16-8-6-12(24-4-2)10-14(16)18(21)22/h5-10H,3-4H2,1-2H3. The quantitative estimate of drug-likeness (QED) is 0.327. The Bertz CT molecular complexity index is 748. The molecule has 8 nitrogen and oxygen atoms in total. The van der Waals surface area contributed by atoms with Gasteiger partial charge in [0.1, 0.15) is 11.5 Å². The SMILES string of the molecule is CCOc1ccc(SSc2ccc(OCC)cc2[N+](=O)[O-])c([N+](=O)[O-])c1. The van der Waals surface area contributed by atoms with E-state index in [1.54, 1.807) is 38.1 Å². The number of rotatable bonds is 9. The summed E-state index contributed by atoms with van der Waals surface area (Å²) in [6.07, 6.45) is 0. The van der Waals surface area contributed by atoms with E-state index in [1.807, 2.05) is 0 Å². The average Bonchev–Trinajstić information content (AvgIpc) is 2.61. The number of nitrogens with zero attached hydrogens (tertiary/aromatic N) is 2. The molecule has 2 aromatic carbocycles. The maximum atomic E-state index is 11.3. The number of hydrogen-bond acceptors (Lipinski definition) is 8. The van der Waals surface area contributed by atoms with Crippen LogP contribution in [-0.4, -0.2) is 23.1 Å². The van der Waals surface area contributed by atoms with Crippen LogP contribution in [0.4, 0.5) is 11.4 Å². The number of nitro groups is 2. The lowest BCUT2D eigenvalue weighted by molar-refractivity contribution is -0.388. The highest BCUT2D eigenvalue weighted by Crippen LogP contribution is 2.46. The molecule has 0 fully saturated rings. The first kappa shape index (κ1) is 19.9. The second kappa shape index (κ2) is 9.30. The Morgan fingerprint density at radius 3 is 1.50 bits per heavy atom. The lowest BCUT2D eigenvalue weighted by Crippen LogP contribution is -1.96. The van der Waals surface area contributed by atoms with E-state index >= 15 is 0 Å². The Kier molecular flexibility index (Phi) is 7.10. The van der Waals surface area contributed by atoms with Crippen LogP contribution in [-0.2, 0) is 0 Å². The summed E-state index contributed by atoms with van der Waals surface area (Å²) >= 11 is 0. The zero-order valence-electron chi connectivity index (χ0n) is 14.0. The summed E-state index contributed by atoms with van der Waals surface area (Å²) in [5, 5.41) is 22.6. The zero-order valence-corrected chi connectivity index (χ0v) is 15.7. The van der Waals surface area contributed by atoms with Crippen LogP contribution in [0, 0.1) is 20.2 Å². The van der Waals surface area contributed by atoms with Crippen LogP contribution in [0.1, 0.15) is 13.8 Å². The topological polar surface area (TPSA) is 105 Å². The van der Waals surface area contributed by atoms with Gasteiger partial charge in [0.15, 0.2) is 0 Å². The van der Waals surface area contributed by atoms with E-state index < -0.39 is 9.85 Å². The average molecular weight is 396 g/mol. The Morgan fingerprint density at radius 1 is 0.808 bits per heavy atom. The summed E-state index contributed by atoms with van der Waals surface area (Å²) in [7, 11) is 2.16.